The van der Waals surface area contributed by atoms with Crippen molar-refractivity contribution in [2.75, 3.05) is 5.32 Å². The van der Waals surface area contributed by atoms with Gasteiger partial charge in [0.15, 0.2) is 0 Å². The van der Waals surface area contributed by atoms with E-state index in [1.54, 1.807) is 19.9 Å². The second kappa shape index (κ2) is 4.89. The van der Waals surface area contributed by atoms with Crippen LogP contribution >= 0.6 is 0 Å². The molecular weight excluding hydrogens is 248 g/mol. The van der Waals surface area contributed by atoms with Gasteiger partial charge in [-0.2, -0.15) is 5.10 Å². The molecule has 0 atom stereocenters. The SMILES string of the molecule is Cc1cc(C)c([N+](=O)[O-])cc1NC(=O)c1cn[nH]c1. The summed E-state index contributed by atoms with van der Waals surface area (Å²) in [6.45, 7) is 3.44. The molecule has 7 nitrogen and oxygen atoms in total. The van der Waals surface area contributed by atoms with Crippen molar-refractivity contribution in [2.45, 2.75) is 13.8 Å². The Balaban J connectivity index is 2.32. The van der Waals surface area contributed by atoms with Gasteiger partial charge >= 0.3 is 0 Å². The van der Waals surface area contributed by atoms with Gasteiger partial charge in [-0.15, -0.1) is 0 Å². The lowest BCUT2D eigenvalue weighted by Crippen LogP contribution is -2.12. The second-order valence-corrected chi connectivity index (χ2v) is 4.15. The first-order valence-electron chi connectivity index (χ1n) is 5.55. The van der Waals surface area contributed by atoms with Gasteiger partial charge < -0.3 is 5.32 Å². The number of nitro benzene ring substituents is 1. The Labute approximate surface area is 108 Å². The first-order valence-corrected chi connectivity index (χ1v) is 5.55. The van der Waals surface area contributed by atoms with E-state index in [1.807, 2.05) is 0 Å². The van der Waals surface area contributed by atoms with E-state index < -0.39 is 4.92 Å². The monoisotopic (exact) mass is 260 g/mol. The van der Waals surface area contributed by atoms with Crippen LogP contribution in [0.3, 0.4) is 0 Å². The standard InChI is InChI=1S/C12H12N4O3/c1-7-3-8(2)11(16(18)19)4-10(7)15-12(17)9-5-13-14-6-9/h3-6H,1-2H3,(H,13,14)(H,15,17). The zero-order chi connectivity index (χ0) is 14.0. The normalized spacial score (nSPS) is 10.2. The fraction of sp³-hybridized carbons (Fsp3) is 0.167. The number of aromatic nitrogens is 2. The Morgan fingerprint density at radius 3 is 2.68 bits per heavy atom. The minimum absolute atomic E-state index is 0.0203. The fourth-order valence-electron chi connectivity index (χ4n) is 1.74. The van der Waals surface area contributed by atoms with Crippen LogP contribution in [0.25, 0.3) is 0 Å². The van der Waals surface area contributed by atoms with E-state index in [0.717, 1.165) is 5.56 Å². The van der Waals surface area contributed by atoms with Crippen molar-refractivity contribution in [3.8, 4) is 0 Å². The molecule has 7 heteroatoms. The molecule has 2 rings (SSSR count). The van der Waals surface area contributed by atoms with Crippen LogP contribution in [0, 0.1) is 24.0 Å². The Morgan fingerprint density at radius 1 is 1.37 bits per heavy atom. The number of nitrogens with zero attached hydrogens (tertiary/aromatic N) is 2. The molecule has 0 saturated heterocycles. The van der Waals surface area contributed by atoms with E-state index in [2.05, 4.69) is 15.5 Å². The molecule has 0 unspecified atom stereocenters. The van der Waals surface area contributed by atoms with Crippen molar-refractivity contribution >= 4 is 17.3 Å². The molecule has 1 amide bonds. The van der Waals surface area contributed by atoms with Gasteiger partial charge in [-0.1, -0.05) is 0 Å². The first kappa shape index (κ1) is 12.7. The highest BCUT2D eigenvalue weighted by molar-refractivity contribution is 6.04. The van der Waals surface area contributed by atoms with Crippen LogP contribution in [0.4, 0.5) is 11.4 Å². The van der Waals surface area contributed by atoms with Crippen LogP contribution in [-0.2, 0) is 0 Å². The minimum atomic E-state index is -0.470. The number of hydrogen-bond acceptors (Lipinski definition) is 4. The predicted octanol–water partition coefficient (Wildman–Crippen LogP) is 2.19. The molecule has 0 aliphatic carbocycles. The number of aromatic amines is 1. The molecule has 1 aromatic heterocycles. The number of benzene rings is 1. The highest BCUT2D eigenvalue weighted by Crippen LogP contribution is 2.26. The number of nitrogens with one attached hydrogen (secondary N) is 2. The largest absolute Gasteiger partial charge is 0.321 e. The van der Waals surface area contributed by atoms with Gasteiger partial charge in [-0.25, -0.2) is 0 Å². The number of rotatable bonds is 3. The van der Waals surface area contributed by atoms with Crippen molar-refractivity contribution in [3.63, 3.8) is 0 Å². The molecule has 1 heterocycles. The topological polar surface area (TPSA) is 101 Å². The van der Waals surface area contributed by atoms with Crippen LogP contribution in [0.2, 0.25) is 0 Å². The van der Waals surface area contributed by atoms with Gasteiger partial charge in [0.1, 0.15) is 0 Å². The van der Waals surface area contributed by atoms with Crippen LogP contribution in [-0.4, -0.2) is 21.0 Å². The average Bonchev–Trinajstić information content (AvgIpc) is 2.85. The fourth-order valence-corrected chi connectivity index (χ4v) is 1.74. The molecule has 2 aromatic rings. The van der Waals surface area contributed by atoms with E-state index in [-0.39, 0.29) is 11.6 Å². The molecule has 0 aliphatic rings. The van der Waals surface area contributed by atoms with Crippen molar-refractivity contribution in [1.82, 2.24) is 10.2 Å². The van der Waals surface area contributed by atoms with Crippen LogP contribution in [0.15, 0.2) is 24.5 Å². The molecule has 98 valence electrons. The summed E-state index contributed by atoms with van der Waals surface area (Å²) in [5.41, 5.74) is 2.09. The number of hydrogen-bond donors (Lipinski definition) is 2. The van der Waals surface area contributed by atoms with Gasteiger partial charge in [0.05, 0.1) is 22.4 Å². The molecule has 1 aromatic carbocycles. The van der Waals surface area contributed by atoms with E-state index in [0.29, 0.717) is 16.8 Å². The van der Waals surface area contributed by atoms with E-state index in [9.17, 15) is 14.9 Å². The molecule has 0 aliphatic heterocycles. The summed E-state index contributed by atoms with van der Waals surface area (Å²) in [4.78, 5) is 22.3. The van der Waals surface area contributed by atoms with Gasteiger partial charge in [0, 0.05) is 17.8 Å². The molecule has 0 radical (unpaired) electrons. The molecule has 0 fully saturated rings. The van der Waals surface area contributed by atoms with Gasteiger partial charge in [-0.3, -0.25) is 20.0 Å². The number of carbonyl (C=O) groups is 1. The molecule has 2 N–H and O–H groups in total. The maximum Gasteiger partial charge on any atom is 0.274 e. The highest BCUT2D eigenvalue weighted by Gasteiger charge is 2.15. The van der Waals surface area contributed by atoms with E-state index in [1.165, 1.54) is 18.5 Å². The molecule has 0 saturated carbocycles. The lowest BCUT2D eigenvalue weighted by Gasteiger charge is -2.08. The summed E-state index contributed by atoms with van der Waals surface area (Å²) in [5.74, 6) is -0.366. The Hall–Kier alpha value is -2.70. The maximum atomic E-state index is 11.9. The summed E-state index contributed by atoms with van der Waals surface area (Å²) in [6, 6.07) is 3.03. The predicted molar refractivity (Wildman–Crippen MR) is 69.1 cm³/mol. The molecule has 19 heavy (non-hydrogen) atoms. The zero-order valence-electron chi connectivity index (χ0n) is 10.4. The van der Waals surface area contributed by atoms with Crippen molar-refractivity contribution < 1.29 is 9.72 Å². The molecular formula is C12H12N4O3. The number of H-pyrrole nitrogens is 1. The van der Waals surface area contributed by atoms with Crippen LogP contribution in [0.5, 0.6) is 0 Å². The molecule has 0 spiro atoms. The lowest BCUT2D eigenvalue weighted by atomic mass is 10.1. The Morgan fingerprint density at radius 2 is 2.11 bits per heavy atom. The summed E-state index contributed by atoms with van der Waals surface area (Å²) < 4.78 is 0. The van der Waals surface area contributed by atoms with Gasteiger partial charge in [0.2, 0.25) is 0 Å². The van der Waals surface area contributed by atoms with Crippen molar-refractivity contribution in [2.24, 2.45) is 0 Å². The number of carbonyl (C=O) groups excluding carboxylic acids is 1. The second-order valence-electron chi connectivity index (χ2n) is 4.15. The summed E-state index contributed by atoms with van der Waals surface area (Å²) in [5, 5.41) is 19.7. The smallest absolute Gasteiger partial charge is 0.274 e. The molecule has 0 bridgehead atoms. The number of amides is 1. The van der Waals surface area contributed by atoms with Crippen LogP contribution < -0.4 is 5.32 Å². The third-order valence-electron chi connectivity index (χ3n) is 2.75. The Kier molecular flexibility index (Phi) is 3.28. The first-order chi connectivity index (χ1) is 8.99. The highest BCUT2D eigenvalue weighted by atomic mass is 16.6. The third kappa shape index (κ3) is 2.59. The summed E-state index contributed by atoms with van der Waals surface area (Å²) in [6.07, 6.45) is 2.83. The average molecular weight is 260 g/mol. The quantitative estimate of drug-likeness (QED) is 0.652. The van der Waals surface area contributed by atoms with Crippen LogP contribution in [0.1, 0.15) is 21.5 Å². The Bertz CT molecular complexity index is 635. The van der Waals surface area contributed by atoms with E-state index >= 15 is 0 Å². The van der Waals surface area contributed by atoms with Crippen molar-refractivity contribution in [3.05, 3.63) is 51.3 Å². The number of anilines is 1. The number of nitro groups is 1. The van der Waals surface area contributed by atoms with Gasteiger partial charge in [0.25, 0.3) is 11.6 Å². The van der Waals surface area contributed by atoms with Gasteiger partial charge in [-0.05, 0) is 25.5 Å². The van der Waals surface area contributed by atoms with E-state index in [4.69, 9.17) is 0 Å². The van der Waals surface area contributed by atoms with Crippen molar-refractivity contribution in [1.29, 1.82) is 0 Å². The number of aryl methyl sites for hydroxylation is 2. The lowest BCUT2D eigenvalue weighted by molar-refractivity contribution is -0.385. The minimum Gasteiger partial charge on any atom is -0.321 e. The third-order valence-corrected chi connectivity index (χ3v) is 2.75. The maximum absolute atomic E-state index is 11.9. The zero-order valence-corrected chi connectivity index (χ0v) is 10.4. The summed E-state index contributed by atoms with van der Waals surface area (Å²) >= 11 is 0. The summed E-state index contributed by atoms with van der Waals surface area (Å²) in [7, 11) is 0.